The van der Waals surface area contributed by atoms with Gasteiger partial charge in [-0.25, -0.2) is 4.98 Å². The normalized spacial score (nSPS) is 34.2. The zero-order valence-electron chi connectivity index (χ0n) is 9.52. The van der Waals surface area contributed by atoms with Gasteiger partial charge < -0.3 is 9.88 Å². The van der Waals surface area contributed by atoms with Gasteiger partial charge in [-0.2, -0.15) is 0 Å². The molecule has 2 unspecified atom stereocenters. The predicted molar refractivity (Wildman–Crippen MR) is 61.4 cm³/mol. The molecule has 1 aromatic rings. The average Bonchev–Trinajstić information content (AvgIpc) is 2.53. The maximum absolute atomic E-state index is 11.3. The van der Waals surface area contributed by atoms with Crippen molar-refractivity contribution in [1.82, 2.24) is 14.9 Å². The molecule has 3 heterocycles. The first-order valence-electron chi connectivity index (χ1n) is 6.01. The van der Waals surface area contributed by atoms with Crippen molar-refractivity contribution in [2.45, 2.75) is 43.7 Å². The van der Waals surface area contributed by atoms with Crippen LogP contribution in [0, 0.1) is 0 Å². The molecule has 0 aromatic carbocycles. The van der Waals surface area contributed by atoms with E-state index in [4.69, 9.17) is 0 Å². The van der Waals surface area contributed by atoms with E-state index in [-0.39, 0.29) is 5.56 Å². The summed E-state index contributed by atoms with van der Waals surface area (Å²) in [4.78, 5) is 21.0. The number of hydrogen-bond donors (Lipinski definition) is 1. The first-order valence-corrected chi connectivity index (χ1v) is 6.01. The summed E-state index contributed by atoms with van der Waals surface area (Å²) in [6.45, 7) is 0. The Hall–Kier alpha value is -1.16. The fourth-order valence-electron chi connectivity index (χ4n) is 3.23. The Kier molecular flexibility index (Phi) is 2.32. The molecule has 86 valence electrons. The molecule has 0 aliphatic carbocycles. The standard InChI is InChI=1S/C12H17N3O/c1-15-9-2-3-10(15)7-8(6-9)12-13-5-4-11(16)14-12/h4-5,8-10H,2-3,6-7H2,1H3,(H,13,14,16). The zero-order chi connectivity index (χ0) is 11.1. The number of hydrogen-bond acceptors (Lipinski definition) is 3. The van der Waals surface area contributed by atoms with Gasteiger partial charge in [-0.3, -0.25) is 4.79 Å². The van der Waals surface area contributed by atoms with E-state index in [0.29, 0.717) is 18.0 Å². The van der Waals surface area contributed by atoms with E-state index < -0.39 is 0 Å². The highest BCUT2D eigenvalue weighted by Crippen LogP contribution is 2.40. The van der Waals surface area contributed by atoms with Crippen LogP contribution in [0.5, 0.6) is 0 Å². The van der Waals surface area contributed by atoms with Gasteiger partial charge in [0.25, 0.3) is 5.56 Å². The van der Waals surface area contributed by atoms with Crippen LogP contribution in [0.25, 0.3) is 0 Å². The van der Waals surface area contributed by atoms with Crippen molar-refractivity contribution in [3.8, 4) is 0 Å². The number of nitrogens with zero attached hydrogens (tertiary/aromatic N) is 2. The quantitative estimate of drug-likeness (QED) is 0.769. The molecule has 1 N–H and O–H groups in total. The molecule has 2 bridgehead atoms. The van der Waals surface area contributed by atoms with Crippen LogP contribution in [-0.2, 0) is 0 Å². The third-order valence-electron chi connectivity index (χ3n) is 4.18. The Morgan fingerprint density at radius 2 is 2.06 bits per heavy atom. The van der Waals surface area contributed by atoms with Crippen molar-refractivity contribution in [2.24, 2.45) is 0 Å². The number of nitrogens with one attached hydrogen (secondary N) is 1. The van der Waals surface area contributed by atoms with Crippen LogP contribution < -0.4 is 5.56 Å². The molecule has 2 aliphatic heterocycles. The molecular weight excluding hydrogens is 202 g/mol. The van der Waals surface area contributed by atoms with Gasteiger partial charge in [-0.05, 0) is 32.7 Å². The van der Waals surface area contributed by atoms with Gasteiger partial charge in [0.15, 0.2) is 0 Å². The van der Waals surface area contributed by atoms with Crippen LogP contribution in [0.2, 0.25) is 0 Å². The third-order valence-corrected chi connectivity index (χ3v) is 4.18. The Morgan fingerprint density at radius 3 is 2.69 bits per heavy atom. The predicted octanol–water partition coefficient (Wildman–Crippen LogP) is 1.11. The molecule has 0 spiro atoms. The molecule has 2 saturated heterocycles. The van der Waals surface area contributed by atoms with E-state index >= 15 is 0 Å². The molecular formula is C12H17N3O. The van der Waals surface area contributed by atoms with Crippen molar-refractivity contribution in [2.75, 3.05) is 7.05 Å². The number of fused-ring (bicyclic) bond motifs is 2. The van der Waals surface area contributed by atoms with Crippen molar-refractivity contribution < 1.29 is 0 Å². The maximum atomic E-state index is 11.3. The summed E-state index contributed by atoms with van der Waals surface area (Å²) in [6.07, 6.45) is 6.50. The van der Waals surface area contributed by atoms with Gasteiger partial charge in [-0.1, -0.05) is 0 Å². The van der Waals surface area contributed by atoms with E-state index in [1.807, 2.05) is 0 Å². The average molecular weight is 219 g/mol. The van der Waals surface area contributed by atoms with Crippen molar-refractivity contribution in [3.63, 3.8) is 0 Å². The van der Waals surface area contributed by atoms with Crippen molar-refractivity contribution in [1.29, 1.82) is 0 Å². The van der Waals surface area contributed by atoms with Crippen molar-refractivity contribution >= 4 is 0 Å². The van der Waals surface area contributed by atoms with E-state index in [0.717, 1.165) is 18.7 Å². The number of rotatable bonds is 1. The molecule has 2 atom stereocenters. The van der Waals surface area contributed by atoms with Crippen LogP contribution in [-0.4, -0.2) is 34.0 Å². The molecule has 4 nitrogen and oxygen atoms in total. The lowest BCUT2D eigenvalue weighted by molar-refractivity contribution is 0.159. The highest BCUT2D eigenvalue weighted by molar-refractivity contribution is 5.06. The van der Waals surface area contributed by atoms with Crippen LogP contribution in [0.3, 0.4) is 0 Å². The summed E-state index contributed by atoms with van der Waals surface area (Å²) in [6, 6.07) is 2.86. The minimum absolute atomic E-state index is 0.0312. The van der Waals surface area contributed by atoms with Gasteiger partial charge in [-0.15, -0.1) is 0 Å². The monoisotopic (exact) mass is 219 g/mol. The molecule has 2 aliphatic rings. The number of aromatic nitrogens is 2. The Labute approximate surface area is 94.7 Å². The lowest BCUT2D eigenvalue weighted by Gasteiger charge is -2.35. The SMILES string of the molecule is CN1C2CCC1CC(c1nccc(=O)[nH]1)C2. The first kappa shape index (κ1) is 10.0. The molecule has 1 aromatic heterocycles. The third kappa shape index (κ3) is 1.57. The lowest BCUT2D eigenvalue weighted by Crippen LogP contribution is -2.39. The summed E-state index contributed by atoms with van der Waals surface area (Å²) in [7, 11) is 2.22. The van der Waals surface area contributed by atoms with E-state index in [2.05, 4.69) is 21.9 Å². The molecule has 16 heavy (non-hydrogen) atoms. The first-order chi connectivity index (χ1) is 7.74. The highest BCUT2D eigenvalue weighted by atomic mass is 16.1. The molecule has 0 radical (unpaired) electrons. The lowest BCUT2D eigenvalue weighted by atomic mass is 9.90. The minimum atomic E-state index is -0.0312. The second-order valence-corrected chi connectivity index (χ2v) is 5.04. The molecule has 2 fully saturated rings. The fraction of sp³-hybridized carbons (Fsp3) is 0.667. The summed E-state index contributed by atoms with van der Waals surface area (Å²) in [5, 5.41) is 0. The highest BCUT2D eigenvalue weighted by Gasteiger charge is 2.39. The smallest absolute Gasteiger partial charge is 0.250 e. The summed E-state index contributed by atoms with van der Waals surface area (Å²) in [5.41, 5.74) is -0.0312. The van der Waals surface area contributed by atoms with Crippen LogP contribution in [0.15, 0.2) is 17.1 Å². The zero-order valence-corrected chi connectivity index (χ0v) is 9.52. The molecule has 3 rings (SSSR count). The van der Waals surface area contributed by atoms with Crippen LogP contribution in [0.4, 0.5) is 0 Å². The second-order valence-electron chi connectivity index (χ2n) is 5.04. The molecule has 0 amide bonds. The second kappa shape index (κ2) is 3.70. The largest absolute Gasteiger partial charge is 0.310 e. The number of aromatic amines is 1. The van der Waals surface area contributed by atoms with Gasteiger partial charge in [0.1, 0.15) is 5.82 Å². The molecule has 4 heteroatoms. The van der Waals surface area contributed by atoms with Gasteiger partial charge >= 0.3 is 0 Å². The van der Waals surface area contributed by atoms with E-state index in [1.165, 1.54) is 18.9 Å². The number of H-pyrrole nitrogens is 1. The number of piperidine rings is 1. The Balaban J connectivity index is 1.85. The van der Waals surface area contributed by atoms with Crippen LogP contribution >= 0.6 is 0 Å². The maximum Gasteiger partial charge on any atom is 0.250 e. The summed E-state index contributed by atoms with van der Waals surface area (Å²) >= 11 is 0. The van der Waals surface area contributed by atoms with E-state index in [1.54, 1.807) is 6.20 Å². The molecule has 0 saturated carbocycles. The Bertz CT molecular complexity index is 428. The van der Waals surface area contributed by atoms with E-state index in [9.17, 15) is 4.79 Å². The van der Waals surface area contributed by atoms with Crippen LogP contribution in [0.1, 0.15) is 37.4 Å². The van der Waals surface area contributed by atoms with Gasteiger partial charge in [0.2, 0.25) is 0 Å². The van der Waals surface area contributed by atoms with Crippen molar-refractivity contribution in [3.05, 3.63) is 28.4 Å². The topological polar surface area (TPSA) is 49.0 Å². The fourth-order valence-corrected chi connectivity index (χ4v) is 3.23. The Morgan fingerprint density at radius 1 is 1.38 bits per heavy atom. The minimum Gasteiger partial charge on any atom is -0.310 e. The van der Waals surface area contributed by atoms with Gasteiger partial charge in [0.05, 0.1) is 0 Å². The summed E-state index contributed by atoms with van der Waals surface area (Å²) < 4.78 is 0. The van der Waals surface area contributed by atoms with Gasteiger partial charge in [0, 0.05) is 30.3 Å². The summed E-state index contributed by atoms with van der Waals surface area (Å²) in [5.74, 6) is 1.33.